The minimum absolute atomic E-state index is 0.237. The number of hydrogen-bond donors (Lipinski definition) is 6. The van der Waals surface area contributed by atoms with E-state index in [0.717, 1.165) is 48.1 Å². The number of amides is 2. The molecule has 2 fully saturated rings. The third-order valence-electron chi connectivity index (χ3n) is 9.58. The summed E-state index contributed by atoms with van der Waals surface area (Å²) in [5.74, 6) is -1.22. The molecule has 2 atom stereocenters. The summed E-state index contributed by atoms with van der Waals surface area (Å²) in [6.45, 7) is 3.92. The van der Waals surface area contributed by atoms with Gasteiger partial charge in [0, 0.05) is 53.7 Å². The molecule has 0 bridgehead atoms. The van der Waals surface area contributed by atoms with E-state index in [2.05, 4.69) is 46.4 Å². The molecule has 6 aromatic rings. The Morgan fingerprint density at radius 3 is 2.14 bits per heavy atom. The molecule has 6 heterocycles. The molecule has 2 saturated heterocycles. The highest BCUT2D eigenvalue weighted by Gasteiger charge is 2.33. The van der Waals surface area contributed by atoms with Crippen molar-refractivity contribution in [1.29, 1.82) is 0 Å². The van der Waals surface area contributed by atoms with Gasteiger partial charge in [0.25, 0.3) is 11.8 Å². The number of methoxy groups -OCH3 is 1. The first-order chi connectivity index (χ1) is 27.8. The molecule has 294 valence electrons. The van der Waals surface area contributed by atoms with Gasteiger partial charge in [-0.15, -0.1) is 34.0 Å². The zero-order valence-corrected chi connectivity index (χ0v) is 34.0. The minimum Gasteiger partial charge on any atom is -0.465 e. The second kappa shape index (κ2) is 17.4. The number of hydrogen-bond acceptors (Lipinski definition) is 16. The first-order valence-electron chi connectivity index (χ1n) is 18.2. The maximum absolute atomic E-state index is 13.5. The Morgan fingerprint density at radius 2 is 1.47 bits per heavy atom. The van der Waals surface area contributed by atoms with Crippen LogP contribution in [0.5, 0.6) is 0 Å². The van der Waals surface area contributed by atoms with E-state index >= 15 is 0 Å². The molecule has 0 aliphatic carbocycles. The van der Waals surface area contributed by atoms with Crippen LogP contribution in [0.3, 0.4) is 0 Å². The largest absolute Gasteiger partial charge is 0.465 e. The van der Waals surface area contributed by atoms with Gasteiger partial charge in [0.2, 0.25) is 0 Å². The Hall–Kier alpha value is -5.37. The van der Waals surface area contributed by atoms with Gasteiger partial charge in [0.05, 0.1) is 53.4 Å². The number of aliphatic hydroxyl groups is 1. The van der Waals surface area contributed by atoms with E-state index in [1.807, 2.05) is 71.4 Å². The molecule has 2 aliphatic rings. The van der Waals surface area contributed by atoms with Crippen LogP contribution in [0.2, 0.25) is 0 Å². The summed E-state index contributed by atoms with van der Waals surface area (Å²) in [5, 5.41) is 35.2. The fourth-order valence-corrected chi connectivity index (χ4v) is 9.98. The second-order valence-corrected chi connectivity index (χ2v) is 16.9. The number of nitrogens with one attached hydrogen (secondary N) is 5. The average molecular weight is 842 g/mol. The first-order valence-corrected chi connectivity index (χ1v) is 21.7. The molecule has 6 N–H and O–H groups in total. The lowest BCUT2D eigenvalue weighted by Crippen LogP contribution is -2.43. The van der Waals surface area contributed by atoms with Crippen LogP contribution < -0.4 is 36.4 Å². The first kappa shape index (κ1) is 38.5. The fourth-order valence-electron chi connectivity index (χ4n) is 6.82. The van der Waals surface area contributed by atoms with E-state index in [0.29, 0.717) is 51.6 Å². The highest BCUT2D eigenvalue weighted by atomic mass is 32.1. The molecule has 57 heavy (non-hydrogen) atoms. The summed E-state index contributed by atoms with van der Waals surface area (Å²) in [6.07, 6.45) is 0.338. The topological polar surface area (TPSA) is 173 Å². The summed E-state index contributed by atoms with van der Waals surface area (Å²) >= 11 is 5.43. The number of carbonyl (C=O) groups is 3. The number of thiophene rings is 2. The Labute approximate surface area is 344 Å². The van der Waals surface area contributed by atoms with Crippen molar-refractivity contribution in [2.45, 2.75) is 25.0 Å². The van der Waals surface area contributed by atoms with Crippen molar-refractivity contribution in [3.05, 3.63) is 103 Å². The molecule has 4 aromatic heterocycles. The molecule has 2 aromatic carbocycles. The van der Waals surface area contributed by atoms with Crippen LogP contribution in [0.25, 0.3) is 0 Å². The highest BCUT2D eigenvalue weighted by Crippen LogP contribution is 2.44. The number of nitrogens with zero attached hydrogens (tertiary/aromatic N) is 4. The van der Waals surface area contributed by atoms with Crippen LogP contribution in [0.15, 0.2) is 82.2 Å². The summed E-state index contributed by atoms with van der Waals surface area (Å²) < 4.78 is 5.18. The van der Waals surface area contributed by atoms with Crippen molar-refractivity contribution in [3.8, 4) is 0 Å². The maximum Gasteiger partial charge on any atom is 0.350 e. The zero-order chi connectivity index (χ0) is 39.3. The molecule has 0 radical (unpaired) electrons. The van der Waals surface area contributed by atoms with Gasteiger partial charge in [-0.05, 0) is 54.6 Å². The molecule has 2 amide bonds. The highest BCUT2D eigenvalue weighted by molar-refractivity contribution is 7.15. The average Bonchev–Trinajstić information content (AvgIpc) is 4.08. The maximum atomic E-state index is 13.5. The number of carbonyl (C=O) groups excluding carboxylic acids is 3. The van der Waals surface area contributed by atoms with Crippen LogP contribution in [0.1, 0.15) is 54.4 Å². The van der Waals surface area contributed by atoms with Gasteiger partial charge in [-0.3, -0.25) is 9.59 Å². The zero-order valence-electron chi connectivity index (χ0n) is 30.7. The molecule has 2 unspecified atom stereocenters. The van der Waals surface area contributed by atoms with Gasteiger partial charge in [-0.2, -0.15) is 11.3 Å². The smallest absolute Gasteiger partial charge is 0.350 e. The summed E-state index contributed by atoms with van der Waals surface area (Å²) in [6, 6.07) is 18.7. The monoisotopic (exact) mass is 841 g/mol. The molecule has 8 rings (SSSR count). The van der Waals surface area contributed by atoms with Crippen LogP contribution in [0.4, 0.5) is 44.4 Å². The van der Waals surface area contributed by atoms with Crippen molar-refractivity contribution >= 4 is 108 Å². The van der Waals surface area contributed by atoms with E-state index in [-0.39, 0.29) is 29.2 Å². The minimum atomic E-state index is -0.575. The third kappa shape index (κ3) is 8.80. The predicted molar refractivity (Wildman–Crippen MR) is 230 cm³/mol. The van der Waals surface area contributed by atoms with Gasteiger partial charge >= 0.3 is 5.97 Å². The number of piperazine rings is 1. The van der Waals surface area contributed by atoms with Crippen LogP contribution in [-0.2, 0) is 4.74 Å². The number of ether oxygens (including phenoxy) is 1. The van der Waals surface area contributed by atoms with Crippen LogP contribution >= 0.6 is 45.3 Å². The summed E-state index contributed by atoms with van der Waals surface area (Å²) in [7, 11) is 1.33. The Kier molecular flexibility index (Phi) is 11.8. The van der Waals surface area contributed by atoms with Crippen LogP contribution in [-0.4, -0.2) is 78.8 Å². The molecule has 0 saturated carbocycles. The Balaban J connectivity index is 1.01. The number of esters is 1. The molecular formula is C39H39N9O5S4. The van der Waals surface area contributed by atoms with Gasteiger partial charge in [0.1, 0.15) is 16.3 Å². The van der Waals surface area contributed by atoms with Gasteiger partial charge in [-0.25, -0.2) is 14.8 Å². The van der Waals surface area contributed by atoms with Crippen molar-refractivity contribution in [2.24, 2.45) is 0 Å². The second-order valence-electron chi connectivity index (χ2n) is 13.3. The lowest BCUT2D eigenvalue weighted by molar-refractivity contribution is 0.0607. The summed E-state index contributed by atoms with van der Waals surface area (Å²) in [4.78, 5) is 54.6. The lowest BCUT2D eigenvalue weighted by Gasteiger charge is -2.40. The molecular weight excluding hydrogens is 803 g/mol. The predicted octanol–water partition coefficient (Wildman–Crippen LogP) is 7.61. The van der Waals surface area contributed by atoms with Crippen molar-refractivity contribution < 1.29 is 24.2 Å². The van der Waals surface area contributed by atoms with Gasteiger partial charge in [0.15, 0.2) is 10.3 Å². The van der Waals surface area contributed by atoms with Gasteiger partial charge < -0.3 is 46.2 Å². The van der Waals surface area contributed by atoms with Crippen LogP contribution in [0, 0.1) is 0 Å². The third-order valence-corrected chi connectivity index (χ3v) is 13.0. The summed E-state index contributed by atoms with van der Waals surface area (Å²) in [5.41, 5.74) is 4.94. The van der Waals surface area contributed by atoms with Crippen molar-refractivity contribution in [1.82, 2.24) is 15.3 Å². The quantitative estimate of drug-likeness (QED) is 0.0667. The Bertz CT molecular complexity index is 2350. The Morgan fingerprint density at radius 1 is 0.825 bits per heavy atom. The number of thiazole rings is 2. The fraction of sp³-hybridized carbons (Fsp3) is 0.256. The number of piperidine rings is 1. The van der Waals surface area contributed by atoms with E-state index in [1.165, 1.54) is 41.1 Å². The van der Waals surface area contributed by atoms with E-state index in [1.54, 1.807) is 22.1 Å². The molecule has 18 heteroatoms. The number of benzene rings is 2. The van der Waals surface area contributed by atoms with E-state index < -0.39 is 12.1 Å². The van der Waals surface area contributed by atoms with Crippen molar-refractivity contribution in [3.63, 3.8) is 0 Å². The van der Waals surface area contributed by atoms with Crippen molar-refractivity contribution in [2.75, 3.05) is 70.9 Å². The number of rotatable bonds is 12. The van der Waals surface area contributed by atoms with Gasteiger partial charge in [-0.1, -0.05) is 24.3 Å². The molecule has 14 nitrogen and oxygen atoms in total. The number of aromatic nitrogens is 2. The number of para-hydroxylation sites is 4. The molecule has 0 spiro atoms. The normalized spacial score (nSPS) is 16.9. The lowest BCUT2D eigenvalue weighted by atomic mass is 9.96. The molecule has 2 aliphatic heterocycles. The number of anilines is 8. The SMILES string of the molecule is COC(=O)c1sc(C2CC(O)CCN2c2ccccc2NC(=O)c2csc(Nc3ccsc3)n2)cc1Nc1nc(C(=O)Nc2ccccc2N2CCNCC2)cs1. The number of aliphatic hydroxyl groups excluding tert-OH is 1. The standard InChI is InChI=1S/C39H39N9O5S4/c1-53-37(52)34-27(44-39-46-29(22-56-39)35(50)42-25-6-2-4-8-30(25)47-15-12-40-13-16-47)19-33(57-34)32-18-24(49)10-14-48(32)31-9-5-3-7-26(31)43-36(51)28-21-55-38(45-28)41-23-11-17-54-20-23/h2-9,11,17,19-22,24,32,40,49H,10,12-16,18H2,1H3,(H,41,45)(H,42,50)(H,43,51)(H,44,46). The van der Waals surface area contributed by atoms with E-state index in [9.17, 15) is 19.5 Å². The van der Waals surface area contributed by atoms with E-state index in [4.69, 9.17) is 4.74 Å².